The van der Waals surface area contributed by atoms with Crippen molar-refractivity contribution in [2.75, 3.05) is 26.4 Å². The summed E-state index contributed by atoms with van der Waals surface area (Å²) in [6, 6.07) is 41.6. The first kappa shape index (κ1) is 37.1. The molecule has 0 spiro atoms. The van der Waals surface area contributed by atoms with Gasteiger partial charge in [0.15, 0.2) is 0 Å². The number of carbonyl (C=O) groups excluding carboxylic acids is 2. The van der Waals surface area contributed by atoms with Crippen molar-refractivity contribution in [2.45, 2.75) is 31.5 Å². The fourth-order valence-corrected chi connectivity index (χ4v) is 7.25. The monoisotopic (exact) mass is 734 g/mol. The lowest BCUT2D eigenvalue weighted by molar-refractivity contribution is -0.143. The average Bonchev–Trinajstić information content (AvgIpc) is 3.49. The maximum Gasteiger partial charge on any atom is 0.333 e. The second-order valence-corrected chi connectivity index (χ2v) is 13.9. The van der Waals surface area contributed by atoms with Crippen LogP contribution >= 0.6 is 0 Å². The predicted molar refractivity (Wildman–Crippen MR) is 213 cm³/mol. The van der Waals surface area contributed by atoms with Crippen molar-refractivity contribution in [3.8, 4) is 22.6 Å². The third kappa shape index (κ3) is 7.34. The maximum atomic E-state index is 11.8. The van der Waals surface area contributed by atoms with Gasteiger partial charge in [0.05, 0.1) is 5.41 Å². The Balaban J connectivity index is 1.30. The molecule has 2 unspecified atom stereocenters. The molecule has 0 aliphatic heterocycles. The van der Waals surface area contributed by atoms with Crippen LogP contribution in [0, 0.1) is 0 Å². The van der Waals surface area contributed by atoms with Gasteiger partial charge in [-0.15, -0.1) is 0 Å². The Kier molecular flexibility index (Phi) is 10.5. The second kappa shape index (κ2) is 15.6. The number of rotatable bonds is 14. The quantitative estimate of drug-likeness (QED) is 0.0853. The lowest BCUT2D eigenvalue weighted by Gasteiger charge is -2.35. The van der Waals surface area contributed by atoms with Gasteiger partial charge in [-0.2, -0.15) is 0 Å². The van der Waals surface area contributed by atoms with Gasteiger partial charge in [-0.3, -0.25) is 0 Å². The number of aliphatic hydroxyl groups excluding tert-OH is 2. The van der Waals surface area contributed by atoms with Crippen LogP contribution in [-0.4, -0.2) is 60.8 Å². The topological polar surface area (TPSA) is 112 Å². The van der Waals surface area contributed by atoms with Crippen molar-refractivity contribution in [1.82, 2.24) is 0 Å². The molecule has 0 amide bonds. The van der Waals surface area contributed by atoms with E-state index in [1.165, 1.54) is 0 Å². The van der Waals surface area contributed by atoms with E-state index >= 15 is 0 Å². The lowest BCUT2D eigenvalue weighted by Crippen LogP contribution is -2.29. The first-order chi connectivity index (χ1) is 26.6. The van der Waals surface area contributed by atoms with Gasteiger partial charge in [0, 0.05) is 11.1 Å². The molecule has 0 heterocycles. The van der Waals surface area contributed by atoms with E-state index in [4.69, 9.17) is 18.9 Å². The summed E-state index contributed by atoms with van der Waals surface area (Å²) >= 11 is 0. The zero-order valence-corrected chi connectivity index (χ0v) is 30.8. The number of esters is 2. The Bertz CT molecular complexity index is 2330. The zero-order chi connectivity index (χ0) is 38.7. The Morgan fingerprint density at radius 1 is 0.582 bits per heavy atom. The zero-order valence-electron chi connectivity index (χ0n) is 30.8. The van der Waals surface area contributed by atoms with E-state index in [0.29, 0.717) is 11.5 Å². The van der Waals surface area contributed by atoms with Crippen molar-refractivity contribution in [1.29, 1.82) is 0 Å². The molecular formula is C47H42O8. The number of aliphatic hydroxyl groups is 2. The SMILES string of the molecule is C=C(C)C(=O)OCC(O)COc1ccc(C2(c3ccc(OCC(O)COC(=O)C(=C)C)cc3)c3cc4ccccc4cc3-c3ccc4ccccc4c32)cc1. The van der Waals surface area contributed by atoms with E-state index in [1.807, 2.05) is 36.4 Å². The maximum absolute atomic E-state index is 11.8. The van der Waals surface area contributed by atoms with Gasteiger partial charge in [-0.25, -0.2) is 9.59 Å². The Morgan fingerprint density at radius 3 is 1.56 bits per heavy atom. The van der Waals surface area contributed by atoms with E-state index in [0.717, 1.165) is 54.9 Å². The largest absolute Gasteiger partial charge is 0.491 e. The Morgan fingerprint density at radius 2 is 1.05 bits per heavy atom. The van der Waals surface area contributed by atoms with E-state index < -0.39 is 29.6 Å². The molecular weight excluding hydrogens is 693 g/mol. The summed E-state index contributed by atoms with van der Waals surface area (Å²) in [6.45, 7) is 9.70. The van der Waals surface area contributed by atoms with Crippen LogP contribution in [0.25, 0.3) is 32.7 Å². The van der Waals surface area contributed by atoms with Crippen LogP contribution in [0.4, 0.5) is 0 Å². The Labute approximate surface area is 319 Å². The molecule has 0 saturated heterocycles. The van der Waals surface area contributed by atoms with Crippen LogP contribution in [0.15, 0.2) is 146 Å². The lowest BCUT2D eigenvalue weighted by atomic mass is 9.66. The molecule has 1 aliphatic carbocycles. The normalized spacial score (nSPS) is 15.4. The molecule has 7 rings (SSSR count). The summed E-state index contributed by atoms with van der Waals surface area (Å²) in [6.07, 6.45) is -2.04. The smallest absolute Gasteiger partial charge is 0.333 e. The van der Waals surface area contributed by atoms with Crippen LogP contribution in [0.5, 0.6) is 11.5 Å². The highest BCUT2D eigenvalue weighted by Gasteiger charge is 2.47. The standard InChI is InChI=1S/C47H42O8/c1-29(2)45(50)54-27-36(48)25-52-38-18-14-34(15-19-38)47(35-16-20-39(21-17-35)53-26-37(49)28-55-46(51)30(3)4)43-24-33-11-6-5-10-32(33)23-42(43)41-22-13-31-9-7-8-12-40(31)44(41)47/h5-24,36-37,48-49H,1,3,25-28H2,2,4H3. The molecule has 6 aromatic carbocycles. The number of carbonyl (C=O) groups is 2. The van der Waals surface area contributed by atoms with Gasteiger partial charge in [0.25, 0.3) is 0 Å². The molecule has 8 heteroatoms. The van der Waals surface area contributed by atoms with Crippen molar-refractivity contribution in [3.63, 3.8) is 0 Å². The van der Waals surface area contributed by atoms with Crippen LogP contribution in [-0.2, 0) is 24.5 Å². The second-order valence-electron chi connectivity index (χ2n) is 13.9. The average molecular weight is 735 g/mol. The molecule has 0 bridgehead atoms. The summed E-state index contributed by atoms with van der Waals surface area (Å²) in [5, 5.41) is 25.4. The van der Waals surface area contributed by atoms with Crippen LogP contribution < -0.4 is 9.47 Å². The van der Waals surface area contributed by atoms with E-state index in [-0.39, 0.29) is 37.6 Å². The molecule has 8 nitrogen and oxygen atoms in total. The van der Waals surface area contributed by atoms with Crippen LogP contribution in [0.1, 0.15) is 36.1 Å². The minimum atomic E-state index is -1.02. The van der Waals surface area contributed by atoms with Gasteiger partial charge in [-0.05, 0) is 105 Å². The van der Waals surface area contributed by atoms with Crippen LogP contribution in [0.2, 0.25) is 0 Å². The van der Waals surface area contributed by atoms with E-state index in [1.54, 1.807) is 13.8 Å². The fourth-order valence-electron chi connectivity index (χ4n) is 7.25. The van der Waals surface area contributed by atoms with Gasteiger partial charge in [-0.1, -0.05) is 98.1 Å². The number of hydrogen-bond acceptors (Lipinski definition) is 8. The number of benzene rings is 6. The van der Waals surface area contributed by atoms with Gasteiger partial charge in [0.1, 0.15) is 50.1 Å². The molecule has 0 radical (unpaired) electrons. The highest BCUT2D eigenvalue weighted by molar-refractivity contribution is 6.03. The molecule has 0 saturated carbocycles. The highest BCUT2D eigenvalue weighted by atomic mass is 16.6. The number of ether oxygens (including phenoxy) is 4. The molecule has 2 N–H and O–H groups in total. The summed E-state index contributed by atoms with van der Waals surface area (Å²) in [7, 11) is 0. The van der Waals surface area contributed by atoms with E-state index in [2.05, 4.69) is 98.1 Å². The van der Waals surface area contributed by atoms with E-state index in [9.17, 15) is 19.8 Å². The fraction of sp³-hybridized carbons (Fsp3) is 0.191. The van der Waals surface area contributed by atoms with Crippen molar-refractivity contribution in [2.24, 2.45) is 0 Å². The Hall–Kier alpha value is -6.22. The molecule has 1 aliphatic rings. The predicted octanol–water partition coefficient (Wildman–Crippen LogP) is 8.07. The van der Waals surface area contributed by atoms with Crippen molar-refractivity contribution in [3.05, 3.63) is 168 Å². The third-order valence-electron chi connectivity index (χ3n) is 9.85. The summed E-state index contributed by atoms with van der Waals surface area (Å²) in [4.78, 5) is 23.6. The minimum absolute atomic E-state index is 0.0667. The highest BCUT2D eigenvalue weighted by Crippen LogP contribution is 2.59. The van der Waals surface area contributed by atoms with Crippen molar-refractivity contribution >= 4 is 33.5 Å². The molecule has 0 fully saturated rings. The number of fused-ring (bicyclic) bond motifs is 6. The summed E-state index contributed by atoms with van der Waals surface area (Å²) in [5.41, 5.74) is 6.31. The summed E-state index contributed by atoms with van der Waals surface area (Å²) in [5.74, 6) is -0.0274. The van der Waals surface area contributed by atoms with Gasteiger partial charge >= 0.3 is 11.9 Å². The molecule has 2 atom stereocenters. The molecule has 0 aromatic heterocycles. The van der Waals surface area contributed by atoms with Crippen molar-refractivity contribution < 1.29 is 38.7 Å². The minimum Gasteiger partial charge on any atom is -0.491 e. The third-order valence-corrected chi connectivity index (χ3v) is 9.85. The van der Waals surface area contributed by atoms with Gasteiger partial charge < -0.3 is 29.2 Å². The number of hydrogen-bond donors (Lipinski definition) is 2. The molecule has 278 valence electrons. The molecule has 55 heavy (non-hydrogen) atoms. The first-order valence-electron chi connectivity index (χ1n) is 18.1. The first-order valence-corrected chi connectivity index (χ1v) is 18.1. The van der Waals surface area contributed by atoms with Gasteiger partial charge in [0.2, 0.25) is 0 Å². The summed E-state index contributed by atoms with van der Waals surface area (Å²) < 4.78 is 22.1. The van der Waals surface area contributed by atoms with Crippen LogP contribution in [0.3, 0.4) is 0 Å². The molecule has 6 aromatic rings.